The molecule has 0 heterocycles. The molecular formula is C15H23NO2. The molecule has 0 radical (unpaired) electrons. The van der Waals surface area contributed by atoms with Crippen LogP contribution < -0.4 is 0 Å². The van der Waals surface area contributed by atoms with Crippen molar-refractivity contribution in [3.63, 3.8) is 0 Å². The zero-order valence-electron chi connectivity index (χ0n) is 11.6. The van der Waals surface area contributed by atoms with Gasteiger partial charge in [0.2, 0.25) is 0 Å². The molecule has 1 rings (SSSR count). The number of aliphatic hydroxyl groups is 1. The summed E-state index contributed by atoms with van der Waals surface area (Å²) in [6.07, 6.45) is 0.986. The van der Waals surface area contributed by atoms with E-state index in [9.17, 15) is 4.79 Å². The zero-order chi connectivity index (χ0) is 13.5. The number of carbonyl (C=O) groups excluding carboxylic acids is 1. The quantitative estimate of drug-likeness (QED) is 0.753. The van der Waals surface area contributed by atoms with Crippen LogP contribution in [0.1, 0.15) is 34.8 Å². The van der Waals surface area contributed by atoms with Crippen molar-refractivity contribution >= 4 is 5.78 Å². The van der Waals surface area contributed by atoms with Gasteiger partial charge in [-0.25, -0.2) is 0 Å². The number of Topliss-reactive ketones (excluding diaryl/α,β-unsaturated/α-hetero) is 1. The van der Waals surface area contributed by atoms with Gasteiger partial charge in [0.25, 0.3) is 0 Å². The molecule has 1 aromatic carbocycles. The Labute approximate surface area is 109 Å². The number of benzene rings is 1. The third kappa shape index (κ3) is 4.24. The number of nitrogens with zero attached hydrogens (tertiary/aromatic N) is 1. The van der Waals surface area contributed by atoms with E-state index < -0.39 is 0 Å². The van der Waals surface area contributed by atoms with Crippen LogP contribution in [0.2, 0.25) is 0 Å². The number of ketones is 1. The van der Waals surface area contributed by atoms with Crippen molar-refractivity contribution in [2.75, 3.05) is 26.2 Å². The van der Waals surface area contributed by atoms with Crippen LogP contribution in [-0.2, 0) is 0 Å². The van der Waals surface area contributed by atoms with Crippen LogP contribution in [-0.4, -0.2) is 42.0 Å². The van der Waals surface area contributed by atoms with Gasteiger partial charge in [0.1, 0.15) is 0 Å². The number of hydrogen-bond donors (Lipinski definition) is 1. The van der Waals surface area contributed by atoms with Crippen molar-refractivity contribution in [2.24, 2.45) is 0 Å². The highest BCUT2D eigenvalue weighted by Gasteiger charge is 2.12. The van der Waals surface area contributed by atoms with Crippen LogP contribution in [0.15, 0.2) is 18.2 Å². The molecule has 0 unspecified atom stereocenters. The van der Waals surface area contributed by atoms with Crippen LogP contribution in [0.4, 0.5) is 0 Å². The van der Waals surface area contributed by atoms with Gasteiger partial charge in [0.05, 0.1) is 13.2 Å². The number of aryl methyl sites for hydroxylation is 2. The minimum atomic E-state index is 0.0974. The summed E-state index contributed by atoms with van der Waals surface area (Å²) < 4.78 is 0. The average molecular weight is 249 g/mol. The summed E-state index contributed by atoms with van der Waals surface area (Å²) in [7, 11) is 0. The second kappa shape index (κ2) is 7.29. The summed E-state index contributed by atoms with van der Waals surface area (Å²) in [6.45, 7) is 8.02. The molecule has 0 saturated carbocycles. The second-order valence-corrected chi connectivity index (χ2v) is 4.72. The smallest absolute Gasteiger partial charge is 0.176 e. The minimum Gasteiger partial charge on any atom is -0.395 e. The molecule has 0 saturated heterocycles. The van der Waals surface area contributed by atoms with Crippen molar-refractivity contribution in [2.45, 2.75) is 27.2 Å². The van der Waals surface area contributed by atoms with E-state index >= 15 is 0 Å². The Morgan fingerprint density at radius 2 is 1.94 bits per heavy atom. The van der Waals surface area contributed by atoms with Crippen LogP contribution >= 0.6 is 0 Å². The Bertz CT molecular complexity index is 395. The minimum absolute atomic E-state index is 0.0974. The summed E-state index contributed by atoms with van der Waals surface area (Å²) >= 11 is 0. The van der Waals surface area contributed by atoms with Gasteiger partial charge in [0.15, 0.2) is 5.78 Å². The van der Waals surface area contributed by atoms with Gasteiger partial charge in [-0.3, -0.25) is 9.69 Å². The van der Waals surface area contributed by atoms with E-state index in [2.05, 4.69) is 6.92 Å². The maximum absolute atomic E-state index is 12.1. The Morgan fingerprint density at radius 3 is 2.50 bits per heavy atom. The molecule has 0 amide bonds. The van der Waals surface area contributed by atoms with E-state index in [1.54, 1.807) is 0 Å². The predicted octanol–water partition coefficient (Wildman–Crippen LogP) is 2.19. The molecule has 3 nitrogen and oxygen atoms in total. The molecule has 0 spiro atoms. The fourth-order valence-electron chi connectivity index (χ4n) is 1.94. The fourth-order valence-corrected chi connectivity index (χ4v) is 1.94. The molecule has 1 N–H and O–H groups in total. The Hall–Kier alpha value is -1.19. The zero-order valence-corrected chi connectivity index (χ0v) is 11.6. The van der Waals surface area contributed by atoms with E-state index in [1.165, 1.54) is 5.56 Å². The summed E-state index contributed by atoms with van der Waals surface area (Å²) in [6, 6.07) is 5.81. The maximum atomic E-state index is 12.1. The first-order valence-corrected chi connectivity index (χ1v) is 6.52. The molecule has 0 aliphatic rings. The predicted molar refractivity (Wildman–Crippen MR) is 74.1 cm³/mol. The van der Waals surface area contributed by atoms with E-state index in [4.69, 9.17) is 5.11 Å². The lowest BCUT2D eigenvalue weighted by atomic mass is 10.0. The van der Waals surface area contributed by atoms with Crippen LogP contribution in [0, 0.1) is 13.8 Å². The van der Waals surface area contributed by atoms with E-state index in [-0.39, 0.29) is 12.4 Å². The van der Waals surface area contributed by atoms with Gasteiger partial charge in [0, 0.05) is 12.1 Å². The Kier molecular flexibility index (Phi) is 6.02. The molecule has 0 aliphatic carbocycles. The molecule has 0 atom stereocenters. The second-order valence-electron chi connectivity index (χ2n) is 4.72. The van der Waals surface area contributed by atoms with E-state index in [1.807, 2.05) is 36.9 Å². The number of hydrogen-bond acceptors (Lipinski definition) is 3. The average Bonchev–Trinajstić information content (AvgIpc) is 2.33. The third-order valence-corrected chi connectivity index (χ3v) is 3.15. The Morgan fingerprint density at radius 1 is 1.22 bits per heavy atom. The molecule has 18 heavy (non-hydrogen) atoms. The highest BCUT2D eigenvalue weighted by molar-refractivity contribution is 5.97. The Balaban J connectivity index is 2.70. The first-order valence-electron chi connectivity index (χ1n) is 6.52. The van der Waals surface area contributed by atoms with Crippen molar-refractivity contribution in [1.29, 1.82) is 0 Å². The fraction of sp³-hybridized carbons (Fsp3) is 0.533. The number of aliphatic hydroxyl groups excluding tert-OH is 1. The highest BCUT2D eigenvalue weighted by atomic mass is 16.3. The van der Waals surface area contributed by atoms with Gasteiger partial charge in [-0.15, -0.1) is 0 Å². The standard InChI is InChI=1S/C15H23NO2/c1-4-7-16(8-9-17)11-15(18)14-6-5-12(2)13(3)10-14/h5-6,10,17H,4,7-9,11H2,1-3H3. The van der Waals surface area contributed by atoms with Gasteiger partial charge in [-0.05, 0) is 44.0 Å². The van der Waals surface area contributed by atoms with Crippen molar-refractivity contribution < 1.29 is 9.90 Å². The van der Waals surface area contributed by atoms with Gasteiger partial charge in [-0.2, -0.15) is 0 Å². The molecule has 100 valence electrons. The topological polar surface area (TPSA) is 40.5 Å². The lowest BCUT2D eigenvalue weighted by Gasteiger charge is -2.19. The van der Waals surface area contributed by atoms with E-state index in [0.717, 1.165) is 24.1 Å². The largest absolute Gasteiger partial charge is 0.395 e. The van der Waals surface area contributed by atoms with Gasteiger partial charge < -0.3 is 5.11 Å². The molecule has 0 aromatic heterocycles. The summed E-state index contributed by atoms with van der Waals surface area (Å²) in [5.74, 6) is 0.125. The molecule has 0 aliphatic heterocycles. The van der Waals surface area contributed by atoms with Gasteiger partial charge in [-0.1, -0.05) is 19.1 Å². The normalized spacial score (nSPS) is 10.9. The summed E-state index contributed by atoms with van der Waals surface area (Å²) in [5.41, 5.74) is 3.11. The lowest BCUT2D eigenvalue weighted by Crippen LogP contribution is -2.33. The van der Waals surface area contributed by atoms with E-state index in [0.29, 0.717) is 13.1 Å². The highest BCUT2D eigenvalue weighted by Crippen LogP contribution is 2.11. The molecule has 0 fully saturated rings. The van der Waals surface area contributed by atoms with Crippen molar-refractivity contribution in [3.05, 3.63) is 34.9 Å². The van der Waals surface area contributed by atoms with Crippen LogP contribution in [0.3, 0.4) is 0 Å². The molecular weight excluding hydrogens is 226 g/mol. The molecule has 3 heteroatoms. The van der Waals surface area contributed by atoms with Crippen molar-refractivity contribution in [3.8, 4) is 0 Å². The van der Waals surface area contributed by atoms with Gasteiger partial charge >= 0.3 is 0 Å². The first-order chi connectivity index (χ1) is 8.58. The lowest BCUT2D eigenvalue weighted by molar-refractivity contribution is 0.0915. The third-order valence-electron chi connectivity index (χ3n) is 3.15. The number of carbonyl (C=O) groups is 1. The van der Waals surface area contributed by atoms with Crippen LogP contribution in [0.5, 0.6) is 0 Å². The maximum Gasteiger partial charge on any atom is 0.176 e. The number of rotatable bonds is 7. The summed E-state index contributed by atoms with van der Waals surface area (Å²) in [4.78, 5) is 14.1. The first kappa shape index (κ1) is 14.9. The summed E-state index contributed by atoms with van der Waals surface area (Å²) in [5, 5.41) is 8.97. The van der Waals surface area contributed by atoms with Crippen LogP contribution in [0.25, 0.3) is 0 Å². The van der Waals surface area contributed by atoms with Crippen molar-refractivity contribution in [1.82, 2.24) is 4.90 Å². The molecule has 1 aromatic rings. The SMILES string of the molecule is CCCN(CCO)CC(=O)c1ccc(C)c(C)c1. The molecule has 0 bridgehead atoms. The monoisotopic (exact) mass is 249 g/mol.